The number of amides is 1. The maximum atomic E-state index is 12.2. The van der Waals surface area contributed by atoms with Crippen molar-refractivity contribution in [3.8, 4) is 0 Å². The molecule has 0 bridgehead atoms. The van der Waals surface area contributed by atoms with E-state index >= 15 is 0 Å². The number of carbonyl (C=O) groups excluding carboxylic acids is 3. The van der Waals surface area contributed by atoms with Crippen LogP contribution in [-0.4, -0.2) is 73.8 Å². The highest BCUT2D eigenvalue weighted by Gasteiger charge is 2.66. The molecule has 0 aromatic heterocycles. The summed E-state index contributed by atoms with van der Waals surface area (Å²) in [6.07, 6.45) is 1.23. The molecule has 3 aliphatic rings. The van der Waals surface area contributed by atoms with Gasteiger partial charge in [0.1, 0.15) is 5.60 Å². The van der Waals surface area contributed by atoms with E-state index in [1.807, 2.05) is 20.8 Å². The fraction of sp³-hybridized carbons (Fsp3) is 0.812. The lowest BCUT2D eigenvalue weighted by Crippen LogP contribution is -2.43. The summed E-state index contributed by atoms with van der Waals surface area (Å²) in [6, 6.07) is 0. The molecule has 1 aliphatic carbocycles. The van der Waals surface area contributed by atoms with E-state index in [1.165, 1.54) is 0 Å². The lowest BCUT2D eigenvalue weighted by molar-refractivity contribution is -0.145. The Hall–Kier alpha value is -1.77. The molecule has 0 aromatic carbocycles. The maximum absolute atomic E-state index is 12.2. The van der Waals surface area contributed by atoms with Crippen molar-refractivity contribution in [2.75, 3.05) is 33.2 Å². The first kappa shape index (κ1) is 18.0. The molecule has 138 valence electrons. The predicted molar refractivity (Wildman–Crippen MR) is 88.7 cm³/mol. The summed E-state index contributed by atoms with van der Waals surface area (Å²) in [5, 5.41) is 0. The van der Waals surface area contributed by atoms with Crippen molar-refractivity contribution in [1.29, 1.82) is 0 Å². The predicted octanol–water partition coefficient (Wildman–Crippen LogP) is 0.907. The van der Waals surface area contributed by atoms with E-state index in [4.69, 9.17) is 14.0 Å². The van der Waals surface area contributed by atoms with E-state index in [0.717, 1.165) is 12.8 Å². The van der Waals surface area contributed by atoms with E-state index < -0.39 is 24.7 Å². The Bertz CT molecular complexity index is 572. The van der Waals surface area contributed by atoms with Gasteiger partial charge in [-0.15, -0.1) is 0 Å². The summed E-state index contributed by atoms with van der Waals surface area (Å²) in [7, 11) is 0.809. The molecule has 2 atom stereocenters. The van der Waals surface area contributed by atoms with E-state index in [9.17, 15) is 14.4 Å². The van der Waals surface area contributed by atoms with Crippen molar-refractivity contribution in [2.45, 2.75) is 45.0 Å². The SMILES string of the molecule is CN1CC(=O)OB([C@@H]2C[C@]23CCN(C(=O)OC(C)(C)C)C3)OC(=O)C1. The van der Waals surface area contributed by atoms with E-state index in [2.05, 4.69) is 0 Å². The lowest BCUT2D eigenvalue weighted by Gasteiger charge is -2.25. The summed E-state index contributed by atoms with van der Waals surface area (Å²) in [6.45, 7) is 6.77. The summed E-state index contributed by atoms with van der Waals surface area (Å²) in [4.78, 5) is 39.2. The van der Waals surface area contributed by atoms with Crippen LogP contribution in [0.25, 0.3) is 0 Å². The first-order valence-corrected chi connectivity index (χ1v) is 8.63. The van der Waals surface area contributed by atoms with Gasteiger partial charge >= 0.3 is 25.2 Å². The molecule has 3 fully saturated rings. The maximum Gasteiger partial charge on any atom is 0.602 e. The normalized spacial score (nSPS) is 30.6. The molecule has 9 heteroatoms. The van der Waals surface area contributed by atoms with Gasteiger partial charge < -0.3 is 18.9 Å². The second-order valence-corrected chi connectivity index (χ2v) is 8.35. The summed E-state index contributed by atoms with van der Waals surface area (Å²) < 4.78 is 16.1. The number of likely N-dealkylation sites (tertiary alicyclic amines) is 1. The zero-order valence-electron chi connectivity index (χ0n) is 15.2. The van der Waals surface area contributed by atoms with Crippen molar-refractivity contribution < 1.29 is 28.4 Å². The molecule has 25 heavy (non-hydrogen) atoms. The number of nitrogens with zero attached hydrogens (tertiary/aromatic N) is 2. The van der Waals surface area contributed by atoms with Crippen LogP contribution in [0, 0.1) is 5.41 Å². The Morgan fingerprint density at radius 1 is 1.24 bits per heavy atom. The standard InChI is InChI=1S/C16H25BN2O6/c1-15(2,3)23-14(22)19-6-5-16(10-19)7-11(16)17-24-12(20)8-18(4)9-13(21)25-17/h11H,5-10H2,1-4H3/t11-,16+/m1/s1. The first-order valence-electron chi connectivity index (χ1n) is 8.63. The van der Waals surface area contributed by atoms with Crippen LogP contribution < -0.4 is 0 Å². The summed E-state index contributed by atoms with van der Waals surface area (Å²) in [5.74, 6) is -0.857. The van der Waals surface area contributed by atoms with Crippen LogP contribution in [0.5, 0.6) is 0 Å². The van der Waals surface area contributed by atoms with Crippen LogP contribution >= 0.6 is 0 Å². The van der Waals surface area contributed by atoms with Gasteiger partial charge in [0.05, 0.1) is 13.1 Å². The number of rotatable bonds is 1. The third-order valence-corrected chi connectivity index (χ3v) is 4.91. The fourth-order valence-corrected chi connectivity index (χ4v) is 3.63. The highest BCUT2D eigenvalue weighted by Crippen LogP contribution is 2.64. The summed E-state index contributed by atoms with van der Waals surface area (Å²) >= 11 is 0. The number of hydrogen-bond acceptors (Lipinski definition) is 7. The molecule has 1 amide bonds. The minimum Gasteiger partial charge on any atom is -0.498 e. The number of ether oxygens (including phenoxy) is 1. The minimum atomic E-state index is -0.854. The topological polar surface area (TPSA) is 85.4 Å². The second-order valence-electron chi connectivity index (χ2n) is 8.35. The smallest absolute Gasteiger partial charge is 0.498 e. The molecule has 2 heterocycles. The average molecular weight is 352 g/mol. The third-order valence-electron chi connectivity index (χ3n) is 4.91. The van der Waals surface area contributed by atoms with Crippen molar-refractivity contribution >= 4 is 25.2 Å². The van der Waals surface area contributed by atoms with Gasteiger partial charge in [0, 0.05) is 18.9 Å². The Kier molecular flexibility index (Phi) is 4.47. The number of likely N-dealkylation sites (N-methyl/N-ethyl adjacent to an activating group) is 1. The van der Waals surface area contributed by atoms with Gasteiger partial charge in [0.25, 0.3) is 0 Å². The van der Waals surface area contributed by atoms with Crippen molar-refractivity contribution in [3.63, 3.8) is 0 Å². The Morgan fingerprint density at radius 3 is 2.40 bits per heavy atom. The van der Waals surface area contributed by atoms with Crippen molar-refractivity contribution in [2.24, 2.45) is 5.41 Å². The van der Waals surface area contributed by atoms with E-state index in [1.54, 1.807) is 16.8 Å². The molecular formula is C16H25BN2O6. The van der Waals surface area contributed by atoms with Gasteiger partial charge in [-0.3, -0.25) is 14.5 Å². The van der Waals surface area contributed by atoms with Gasteiger partial charge in [-0.1, -0.05) is 0 Å². The van der Waals surface area contributed by atoms with Crippen molar-refractivity contribution in [1.82, 2.24) is 9.80 Å². The van der Waals surface area contributed by atoms with E-state index in [0.29, 0.717) is 13.1 Å². The van der Waals surface area contributed by atoms with Gasteiger partial charge in [-0.2, -0.15) is 0 Å². The van der Waals surface area contributed by atoms with Crippen LogP contribution in [-0.2, 0) is 23.6 Å². The first-order chi connectivity index (χ1) is 11.6. The highest BCUT2D eigenvalue weighted by atomic mass is 16.6. The molecule has 0 N–H and O–H groups in total. The highest BCUT2D eigenvalue weighted by molar-refractivity contribution is 6.52. The van der Waals surface area contributed by atoms with Crippen LogP contribution in [0.2, 0.25) is 5.82 Å². The molecule has 2 aliphatic heterocycles. The van der Waals surface area contributed by atoms with Crippen LogP contribution in [0.3, 0.4) is 0 Å². The molecule has 1 saturated carbocycles. The lowest BCUT2D eigenvalue weighted by atomic mass is 9.76. The molecule has 0 unspecified atom stereocenters. The molecule has 1 spiro atoms. The molecular weight excluding hydrogens is 327 g/mol. The number of carbonyl (C=O) groups is 3. The van der Waals surface area contributed by atoms with Gasteiger partial charge in [0.15, 0.2) is 0 Å². The molecule has 8 nitrogen and oxygen atoms in total. The molecule has 0 radical (unpaired) electrons. The van der Waals surface area contributed by atoms with Crippen LogP contribution in [0.4, 0.5) is 4.79 Å². The fourth-order valence-electron chi connectivity index (χ4n) is 3.63. The average Bonchev–Trinajstić information content (AvgIpc) is 2.94. The quantitative estimate of drug-likeness (QED) is 0.649. The molecule has 3 rings (SSSR count). The van der Waals surface area contributed by atoms with E-state index in [-0.39, 0.29) is 30.4 Å². The Morgan fingerprint density at radius 2 is 1.84 bits per heavy atom. The van der Waals surface area contributed by atoms with Crippen LogP contribution in [0.1, 0.15) is 33.6 Å². The summed E-state index contributed by atoms with van der Waals surface area (Å²) in [5.41, 5.74) is -0.681. The monoisotopic (exact) mass is 352 g/mol. The third kappa shape index (κ3) is 4.08. The minimum absolute atomic E-state index is 0.0590. The molecule has 0 aromatic rings. The zero-order valence-corrected chi connectivity index (χ0v) is 15.2. The Labute approximate surface area is 147 Å². The molecule has 2 saturated heterocycles. The van der Waals surface area contributed by atoms with Crippen LogP contribution in [0.15, 0.2) is 0 Å². The van der Waals surface area contributed by atoms with Gasteiger partial charge in [0.2, 0.25) is 0 Å². The zero-order chi connectivity index (χ0) is 18.4. The largest absolute Gasteiger partial charge is 0.602 e. The van der Waals surface area contributed by atoms with Gasteiger partial charge in [-0.25, -0.2) is 4.79 Å². The van der Waals surface area contributed by atoms with Gasteiger partial charge in [-0.05, 0) is 46.1 Å². The second kappa shape index (κ2) is 6.19. The van der Waals surface area contributed by atoms with Crippen molar-refractivity contribution in [3.05, 3.63) is 0 Å². The Balaban J connectivity index is 1.60. The number of hydrogen-bond donors (Lipinski definition) is 0.